The molecule has 31 nitrogen and oxygen atoms in total. The van der Waals surface area contributed by atoms with E-state index in [2.05, 4.69) is 46.2 Å². The zero-order valence-corrected chi connectivity index (χ0v) is 55.1. The second-order valence-electron chi connectivity index (χ2n) is 22.7. The first kappa shape index (κ1) is 75.4. The minimum absolute atomic E-state index is 0. The normalized spacial score (nSPS) is 24.4. The molecular weight excluding hydrogens is 1270 g/mol. The van der Waals surface area contributed by atoms with Gasteiger partial charge in [-0.3, -0.25) is 43.4 Å². The molecule has 0 bridgehead atoms. The third-order valence-corrected chi connectivity index (χ3v) is 17.1. The fourth-order valence-electron chi connectivity index (χ4n) is 10.8. The van der Waals surface area contributed by atoms with Gasteiger partial charge in [0.05, 0.1) is 49.7 Å². The summed E-state index contributed by atoms with van der Waals surface area (Å²) in [5.74, 6) is -10.5. The SMILES string of the molecule is COCCCCCCCCOc1ccc(-c2nnc(-c3ccc(C(=O)N[C@H]4CC(O)CNC(=O)C5C(O)C(C)CN5C(=O)C(C(O)CC(N)=O)NC(=O)C(C(O)Cc5ccc(O)c(OSOO[O-])c5)NC(=O)C5CC(O)CN5C(=O)C(C(C)O)NC4=O)cc3)s2)cc1.[Na+]. The first-order chi connectivity index (χ1) is 44.0. The number of fused-ring (bicyclic) bond motifs is 2. The number of benzene rings is 3. The number of nitrogens with one attached hydrogen (secondary N) is 5. The van der Waals surface area contributed by atoms with Crippen LogP contribution in [-0.4, -0.2) is 216 Å². The summed E-state index contributed by atoms with van der Waals surface area (Å²) in [7, 11) is 1.70. The number of hydrogen-bond donors (Lipinski definition) is 13. The van der Waals surface area contributed by atoms with E-state index in [-0.39, 0.29) is 58.8 Å². The topological polar surface area (TPSA) is 466 Å². The van der Waals surface area contributed by atoms with Crippen molar-refractivity contribution in [2.24, 2.45) is 11.7 Å². The van der Waals surface area contributed by atoms with E-state index >= 15 is 0 Å². The predicted molar refractivity (Wildman–Crippen MR) is 323 cm³/mol. The smallest absolute Gasteiger partial charge is 0.691 e. The van der Waals surface area contributed by atoms with Gasteiger partial charge in [0.25, 0.3) is 18.2 Å². The van der Waals surface area contributed by atoms with Crippen LogP contribution in [-0.2, 0) is 54.1 Å². The number of phenols is 1. The van der Waals surface area contributed by atoms with E-state index in [4.69, 9.17) is 19.4 Å². The number of hydrogen-bond acceptors (Lipinski definition) is 25. The van der Waals surface area contributed by atoms with Crippen molar-refractivity contribution < 1.29 is 132 Å². The van der Waals surface area contributed by atoms with Crippen LogP contribution in [0.5, 0.6) is 17.2 Å². The molecule has 0 aliphatic carbocycles. The third kappa shape index (κ3) is 20.9. The molecule has 8 amide bonds. The van der Waals surface area contributed by atoms with Crippen LogP contribution in [0.2, 0.25) is 0 Å². The van der Waals surface area contributed by atoms with Crippen LogP contribution >= 0.6 is 23.7 Å². The predicted octanol–water partition coefficient (Wildman–Crippen LogP) is -5.06. The number of phenolic OH excluding ortho intramolecular Hbond substituents is 1. The number of β-amino-alcohol motifs (C(OH)–C–C–N with tert-alkyl or cyclic N) is 1. The summed E-state index contributed by atoms with van der Waals surface area (Å²) in [6.07, 6.45) is -7.21. The van der Waals surface area contributed by atoms with Gasteiger partial charge in [-0.2, -0.15) is 0 Å². The van der Waals surface area contributed by atoms with E-state index in [0.717, 1.165) is 85.3 Å². The Balaban J connectivity index is 0.0000137. The van der Waals surface area contributed by atoms with Crippen molar-refractivity contribution in [3.8, 4) is 38.4 Å². The number of unbranched alkanes of at least 4 members (excludes halogenated alkanes) is 5. The minimum Gasteiger partial charge on any atom is -0.691 e. The second-order valence-corrected chi connectivity index (χ2v) is 24.2. The van der Waals surface area contributed by atoms with Crippen molar-refractivity contribution in [2.75, 3.05) is 40.0 Å². The summed E-state index contributed by atoms with van der Waals surface area (Å²) in [5, 5.41) is 114. The molecule has 34 heteroatoms. The summed E-state index contributed by atoms with van der Waals surface area (Å²) in [5.41, 5.74) is 6.85. The number of aliphatic hydroxyl groups excluding tert-OH is 6. The first-order valence-electron chi connectivity index (χ1n) is 29.7. The molecule has 3 aliphatic heterocycles. The molecule has 0 spiro atoms. The molecule has 3 fully saturated rings. The maximum absolute atomic E-state index is 14.7. The molecule has 0 saturated carbocycles. The number of amides is 8. The molecule has 4 heterocycles. The summed E-state index contributed by atoms with van der Waals surface area (Å²) in [6, 6.07) is 5.24. The van der Waals surface area contributed by atoms with Crippen molar-refractivity contribution in [3.63, 3.8) is 0 Å². The van der Waals surface area contributed by atoms with Crippen LogP contribution in [0.15, 0.2) is 66.7 Å². The molecule has 1 aromatic heterocycles. The number of nitrogens with two attached hydrogens (primary N) is 1. The average molecular weight is 1350 g/mol. The Kier molecular flexibility index (Phi) is 29.4. The molecule has 93 heavy (non-hydrogen) atoms. The Morgan fingerprint density at radius 2 is 1.38 bits per heavy atom. The van der Waals surface area contributed by atoms with Gasteiger partial charge >= 0.3 is 29.6 Å². The largest absolute Gasteiger partial charge is 1.00 e. The number of aromatic hydroxyl groups is 1. The average Bonchev–Trinajstić information content (AvgIpc) is 1.72. The van der Waals surface area contributed by atoms with E-state index in [1.165, 1.54) is 36.5 Å². The van der Waals surface area contributed by atoms with Gasteiger partial charge in [-0.25, -0.2) is 0 Å². The van der Waals surface area contributed by atoms with Crippen LogP contribution in [0, 0.1) is 5.92 Å². The van der Waals surface area contributed by atoms with Crippen molar-refractivity contribution in [1.82, 2.24) is 46.6 Å². The van der Waals surface area contributed by atoms with Gasteiger partial charge in [-0.1, -0.05) is 62.1 Å². The molecule has 13 atom stereocenters. The fraction of sp³-hybridized carbons (Fsp3) is 0.525. The quantitative estimate of drug-likeness (QED) is 0.00971. The number of carbonyl (C=O) groups excluding carboxylic acids is 8. The van der Waals surface area contributed by atoms with Gasteiger partial charge < -0.3 is 96.8 Å². The molecule has 3 saturated heterocycles. The standard InChI is InChI=1S/C59H78N10O21S2.Na/c1-30-28-69-49(50(30)77)55(82)61-27-36(71)24-39(62-51(78)33-11-13-34(14-12-33)56-66-67-57(91-56)35-15-17-38(18-16-35)87-21-9-7-5-4-6-8-20-86-3)52(79)63-46(31(2)70)58(83)68-29-37(72)25-40(68)53(80)64-47(54(81)65-48(59(69)84)43(75)26-45(60)76)42(74)22-32-10-19-41(73)44(23-32)88-92-90-89-85;/h10-19,23,30-31,36-37,39-40,42-43,46-50,70-75,77,85H,4-9,20-22,24-29H2,1-3H3,(H2,60,76)(H,61,82)(H,62,78)(H,63,79)(H,64,80)(H,65,81);/q;+1/p-1/t30?,31?,36?,37?,39-,40?,42?,43?,46?,47?,48?,49?,50?;/m0./s1. The zero-order valence-electron chi connectivity index (χ0n) is 51.5. The summed E-state index contributed by atoms with van der Waals surface area (Å²) in [4.78, 5) is 115. The fourth-order valence-corrected chi connectivity index (χ4v) is 11.9. The number of rotatable bonds is 25. The van der Waals surface area contributed by atoms with E-state index in [0.29, 0.717) is 22.2 Å². The van der Waals surface area contributed by atoms with E-state index in [9.17, 15) is 79.4 Å². The molecule has 7 rings (SSSR count). The van der Waals surface area contributed by atoms with Crippen molar-refractivity contribution in [2.45, 2.75) is 151 Å². The van der Waals surface area contributed by atoms with Crippen LogP contribution in [0.25, 0.3) is 21.1 Å². The van der Waals surface area contributed by atoms with Crippen LogP contribution in [0.1, 0.15) is 87.6 Å². The van der Waals surface area contributed by atoms with Crippen LogP contribution < -0.4 is 76.1 Å². The van der Waals surface area contributed by atoms with Crippen molar-refractivity contribution in [3.05, 3.63) is 77.9 Å². The minimum atomic E-state index is -2.22. The Bertz CT molecular complexity index is 3170. The molecule has 4 aromatic rings. The number of carbonyl (C=O) groups is 8. The van der Waals surface area contributed by atoms with Gasteiger partial charge in [0.15, 0.2) is 11.5 Å². The number of aromatic nitrogens is 2. The molecule has 0 radical (unpaired) electrons. The summed E-state index contributed by atoms with van der Waals surface area (Å²) in [6.45, 7) is 2.21. The summed E-state index contributed by atoms with van der Waals surface area (Å²) < 4.78 is 20.2. The molecule has 502 valence electrons. The van der Waals surface area contributed by atoms with Gasteiger partial charge in [0.2, 0.25) is 41.4 Å². The molecular formula is C59H77N10NaO21S2. The number of primary amides is 1. The maximum Gasteiger partial charge on any atom is 1.00 e. The number of aliphatic hydroxyl groups is 6. The van der Waals surface area contributed by atoms with Crippen molar-refractivity contribution in [1.29, 1.82) is 0 Å². The monoisotopic (exact) mass is 1350 g/mol. The van der Waals surface area contributed by atoms with Crippen LogP contribution in [0.4, 0.5) is 0 Å². The Morgan fingerprint density at radius 3 is 2.01 bits per heavy atom. The maximum atomic E-state index is 14.7. The van der Waals surface area contributed by atoms with Gasteiger partial charge in [-0.15, -0.1) is 14.5 Å². The van der Waals surface area contributed by atoms with Gasteiger partial charge in [-0.05, 0) is 73.9 Å². The third-order valence-electron chi connectivity index (χ3n) is 15.7. The van der Waals surface area contributed by atoms with Gasteiger partial charge in [0.1, 0.15) is 52.0 Å². The molecule has 12 unspecified atom stereocenters. The zero-order chi connectivity index (χ0) is 66.8. The van der Waals surface area contributed by atoms with Gasteiger partial charge in [0, 0.05) is 75.2 Å². The van der Waals surface area contributed by atoms with E-state index in [1.54, 1.807) is 19.2 Å². The number of methoxy groups -OCH3 is 1. The number of ether oxygens (including phenoxy) is 2. The van der Waals surface area contributed by atoms with Crippen LogP contribution in [0.3, 0.4) is 0 Å². The van der Waals surface area contributed by atoms with Crippen molar-refractivity contribution >= 4 is 70.9 Å². The first-order valence-corrected chi connectivity index (χ1v) is 31.2. The Hall–Kier alpha value is -6.67. The Morgan fingerprint density at radius 1 is 0.763 bits per heavy atom. The molecule has 3 aromatic carbocycles. The van der Waals surface area contributed by atoms with E-state index in [1.807, 2.05) is 24.3 Å². The number of nitrogens with zero attached hydrogens (tertiary/aromatic N) is 4. The molecule has 3 aliphatic rings. The summed E-state index contributed by atoms with van der Waals surface area (Å²) >= 11 is 1.28. The molecule has 14 N–H and O–H groups in total. The van der Waals surface area contributed by atoms with E-state index < -0.39 is 177 Å². The second kappa shape index (κ2) is 36.3. The Labute approximate surface area is 565 Å².